The third-order valence-electron chi connectivity index (χ3n) is 8.08. The van der Waals surface area contributed by atoms with Crippen LogP contribution in [0.4, 0.5) is 20.2 Å². The van der Waals surface area contributed by atoms with E-state index < -0.39 is 11.3 Å². The monoisotopic (exact) mass is 530 g/mol. The van der Waals surface area contributed by atoms with Crippen LogP contribution in [0.2, 0.25) is 0 Å². The lowest BCUT2D eigenvalue weighted by atomic mass is 9.81. The fraction of sp³-hybridized carbons (Fsp3) is 0.414. The first-order valence-electron chi connectivity index (χ1n) is 13.2. The number of rotatable bonds is 7. The first-order valence-corrected chi connectivity index (χ1v) is 13.2. The van der Waals surface area contributed by atoms with E-state index in [0.717, 1.165) is 24.0 Å². The normalized spacial score (nSPS) is 22.4. The van der Waals surface area contributed by atoms with Crippen molar-refractivity contribution in [3.8, 4) is 28.5 Å². The maximum atomic E-state index is 13.4. The van der Waals surface area contributed by atoms with Crippen LogP contribution in [0.1, 0.15) is 39.0 Å². The number of nitriles is 1. The summed E-state index contributed by atoms with van der Waals surface area (Å²) in [6.45, 7) is 2.29. The second kappa shape index (κ2) is 9.26. The molecule has 1 N–H and O–H groups in total. The average molecular weight is 531 g/mol. The summed E-state index contributed by atoms with van der Waals surface area (Å²) in [7, 11) is 0. The second-order valence-electron chi connectivity index (χ2n) is 11.0. The zero-order valence-corrected chi connectivity index (χ0v) is 21.5. The summed E-state index contributed by atoms with van der Waals surface area (Å²) in [6, 6.07) is 11.4. The van der Waals surface area contributed by atoms with Gasteiger partial charge in [-0.1, -0.05) is 12.1 Å². The summed E-state index contributed by atoms with van der Waals surface area (Å²) in [5, 5.41) is 17.2. The number of alkyl halides is 2. The number of hydrogen-bond donors (Lipinski definition) is 1. The second-order valence-corrected chi connectivity index (χ2v) is 11.0. The number of hydrogen-bond acceptors (Lipinski definition) is 5. The molecule has 1 saturated heterocycles. The maximum Gasteiger partial charge on any atom is 0.248 e. The van der Waals surface area contributed by atoms with Crippen LogP contribution in [-0.4, -0.2) is 39.0 Å². The topological polar surface area (TPSA) is 104 Å². The first-order chi connectivity index (χ1) is 18.7. The molecule has 3 heterocycles. The molecule has 2 saturated carbocycles. The predicted octanol–water partition coefficient (Wildman–Crippen LogP) is 5.27. The molecule has 0 spiro atoms. The van der Waals surface area contributed by atoms with Gasteiger partial charge in [-0.15, -0.1) is 0 Å². The Morgan fingerprint density at radius 1 is 1.26 bits per heavy atom. The van der Waals surface area contributed by atoms with E-state index in [2.05, 4.69) is 21.5 Å². The molecule has 1 atom stereocenters. The molecule has 10 heteroatoms. The summed E-state index contributed by atoms with van der Waals surface area (Å²) in [4.78, 5) is 31.7. The van der Waals surface area contributed by atoms with Gasteiger partial charge in [0.25, 0.3) is 0 Å². The van der Waals surface area contributed by atoms with Crippen LogP contribution in [-0.2, 0) is 16.1 Å². The van der Waals surface area contributed by atoms with Crippen LogP contribution in [0.3, 0.4) is 0 Å². The summed E-state index contributed by atoms with van der Waals surface area (Å²) < 4.78 is 28.3. The van der Waals surface area contributed by atoms with E-state index in [1.165, 1.54) is 6.92 Å². The van der Waals surface area contributed by atoms with Crippen LogP contribution in [0.25, 0.3) is 22.4 Å². The number of carbonyl (C=O) groups is 2. The molecular weight excluding hydrogens is 502 g/mol. The standard InChI is InChI=1S/C29H28F2N6O2/c1-18(38)35-24-4-2-3-23(20-14-34-36(16-20)15-19-12-29(30,31)13-19)26(24)25-11-22(7-9-33-25)37-10-8-28(17-32,27(37)39)21-5-6-21/h2-4,7,9,11,14,16,19,21H,5-6,8,10,12-13,15H2,1H3,(H,35,38)/t28-/m1/s1. The van der Waals surface area contributed by atoms with Gasteiger partial charge < -0.3 is 10.2 Å². The third-order valence-corrected chi connectivity index (χ3v) is 8.08. The van der Waals surface area contributed by atoms with Crippen molar-refractivity contribution in [2.45, 2.75) is 51.5 Å². The molecule has 0 radical (unpaired) electrons. The molecule has 2 aromatic heterocycles. The van der Waals surface area contributed by atoms with Crippen molar-refractivity contribution in [1.29, 1.82) is 5.26 Å². The van der Waals surface area contributed by atoms with Gasteiger partial charge in [-0.2, -0.15) is 10.4 Å². The van der Waals surface area contributed by atoms with Crippen LogP contribution >= 0.6 is 0 Å². The van der Waals surface area contributed by atoms with E-state index in [4.69, 9.17) is 0 Å². The van der Waals surface area contributed by atoms with Crippen molar-refractivity contribution >= 4 is 23.2 Å². The number of aromatic nitrogens is 3. The maximum absolute atomic E-state index is 13.4. The zero-order valence-electron chi connectivity index (χ0n) is 21.5. The molecule has 2 amide bonds. The molecule has 3 aromatic rings. The SMILES string of the molecule is CC(=O)Nc1cccc(-c2cnn(CC3CC(F)(F)C3)c2)c1-c1cc(N2CC[C@@](C#N)(C3CC3)C2=O)ccn1. The van der Waals surface area contributed by atoms with Crippen molar-refractivity contribution in [2.75, 3.05) is 16.8 Å². The number of pyridine rings is 1. The lowest BCUT2D eigenvalue weighted by Gasteiger charge is -2.34. The molecular formula is C29H28F2N6O2. The van der Waals surface area contributed by atoms with Crippen LogP contribution in [0.5, 0.6) is 0 Å². The molecule has 3 aliphatic rings. The van der Waals surface area contributed by atoms with Gasteiger partial charge in [0, 0.05) is 62.1 Å². The number of nitrogens with one attached hydrogen (secondary N) is 1. The molecule has 0 unspecified atom stereocenters. The Labute approximate surface area is 224 Å². The summed E-state index contributed by atoms with van der Waals surface area (Å²) in [5.41, 5.74) is 2.96. The molecule has 0 bridgehead atoms. The Balaban J connectivity index is 1.36. The minimum atomic E-state index is -2.58. The number of benzene rings is 1. The fourth-order valence-electron chi connectivity index (χ4n) is 6.00. The van der Waals surface area contributed by atoms with Crippen molar-refractivity contribution in [3.05, 3.63) is 48.9 Å². The third kappa shape index (κ3) is 4.56. The summed E-state index contributed by atoms with van der Waals surface area (Å²) >= 11 is 0. The minimum absolute atomic E-state index is 0.120. The fourth-order valence-corrected chi connectivity index (χ4v) is 6.00. The molecule has 39 heavy (non-hydrogen) atoms. The van der Waals surface area contributed by atoms with E-state index >= 15 is 0 Å². The van der Waals surface area contributed by atoms with Crippen LogP contribution < -0.4 is 10.2 Å². The average Bonchev–Trinajstić information content (AvgIpc) is 3.54. The number of carbonyl (C=O) groups excluding carboxylic acids is 2. The van der Waals surface area contributed by atoms with Gasteiger partial charge in [0.1, 0.15) is 5.41 Å². The number of nitrogens with zero attached hydrogens (tertiary/aromatic N) is 5. The van der Waals surface area contributed by atoms with E-state index in [0.29, 0.717) is 42.1 Å². The Morgan fingerprint density at radius 2 is 2.05 bits per heavy atom. The smallest absolute Gasteiger partial charge is 0.248 e. The molecule has 8 nitrogen and oxygen atoms in total. The zero-order chi connectivity index (χ0) is 27.4. The molecule has 6 rings (SSSR count). The molecule has 1 aliphatic heterocycles. The minimum Gasteiger partial charge on any atom is -0.326 e. The van der Waals surface area contributed by atoms with Gasteiger partial charge in [0.2, 0.25) is 17.7 Å². The van der Waals surface area contributed by atoms with Gasteiger partial charge in [-0.25, -0.2) is 8.78 Å². The van der Waals surface area contributed by atoms with Crippen LogP contribution in [0, 0.1) is 28.6 Å². The quantitative estimate of drug-likeness (QED) is 0.448. The number of anilines is 2. The highest BCUT2D eigenvalue weighted by Gasteiger charge is 2.56. The van der Waals surface area contributed by atoms with E-state index in [1.54, 1.807) is 34.1 Å². The summed E-state index contributed by atoms with van der Waals surface area (Å²) in [6.07, 6.45) is 7.16. The van der Waals surface area contributed by atoms with Gasteiger partial charge in [0.05, 0.1) is 23.6 Å². The van der Waals surface area contributed by atoms with Gasteiger partial charge in [-0.05, 0) is 54.9 Å². The Hall–Kier alpha value is -4.13. The highest BCUT2D eigenvalue weighted by Crippen LogP contribution is 2.52. The predicted molar refractivity (Wildman–Crippen MR) is 141 cm³/mol. The highest BCUT2D eigenvalue weighted by molar-refractivity contribution is 6.03. The molecule has 2 aliphatic carbocycles. The Kier molecular flexibility index (Phi) is 5.97. The van der Waals surface area contributed by atoms with Crippen molar-refractivity contribution in [2.24, 2.45) is 17.3 Å². The largest absolute Gasteiger partial charge is 0.326 e. The Bertz CT molecular complexity index is 1500. The van der Waals surface area contributed by atoms with Gasteiger partial charge >= 0.3 is 0 Å². The lowest BCUT2D eigenvalue weighted by molar-refractivity contribution is -0.124. The van der Waals surface area contributed by atoms with Crippen molar-refractivity contribution < 1.29 is 18.4 Å². The number of amides is 2. The van der Waals surface area contributed by atoms with Crippen molar-refractivity contribution in [1.82, 2.24) is 14.8 Å². The highest BCUT2D eigenvalue weighted by atomic mass is 19.3. The first kappa shape index (κ1) is 25.2. The van der Waals surface area contributed by atoms with E-state index in [-0.39, 0.29) is 36.5 Å². The molecule has 3 fully saturated rings. The molecule has 1 aromatic carbocycles. The van der Waals surface area contributed by atoms with Gasteiger partial charge in [-0.3, -0.25) is 19.3 Å². The van der Waals surface area contributed by atoms with E-state index in [9.17, 15) is 23.6 Å². The van der Waals surface area contributed by atoms with Crippen LogP contribution in [0.15, 0.2) is 48.9 Å². The number of halogens is 2. The molecule has 200 valence electrons. The van der Waals surface area contributed by atoms with E-state index in [1.807, 2.05) is 24.4 Å². The Morgan fingerprint density at radius 3 is 2.74 bits per heavy atom. The lowest BCUT2D eigenvalue weighted by Crippen LogP contribution is -2.37. The van der Waals surface area contributed by atoms with Crippen molar-refractivity contribution in [3.63, 3.8) is 0 Å². The van der Waals surface area contributed by atoms with Gasteiger partial charge in [0.15, 0.2) is 0 Å². The summed E-state index contributed by atoms with van der Waals surface area (Å²) in [5.74, 6) is -2.99.